The fraction of sp³-hybridized carbons (Fsp3) is 0.289. The minimum Gasteiger partial charge on any atom is -0.392 e. The van der Waals surface area contributed by atoms with Crippen LogP contribution in [0.5, 0.6) is 0 Å². The van der Waals surface area contributed by atoms with Gasteiger partial charge in [-0.1, -0.05) is 85.8 Å². The number of hydrogen-bond donors (Lipinski definition) is 3. The normalized spacial score (nSPS) is 21.0. The summed E-state index contributed by atoms with van der Waals surface area (Å²) in [6.07, 6.45) is -0.474. The second-order valence-corrected chi connectivity index (χ2v) is 12.2. The molecular formula is C38H40N4O5. The van der Waals surface area contributed by atoms with E-state index in [1.807, 2.05) is 117 Å². The van der Waals surface area contributed by atoms with E-state index < -0.39 is 12.4 Å². The Hall–Kier alpha value is -4.51. The molecule has 0 radical (unpaired) electrons. The Morgan fingerprint density at radius 1 is 0.915 bits per heavy atom. The number of nitrogens with one attached hydrogen (secondary N) is 1. The lowest BCUT2D eigenvalue weighted by Gasteiger charge is -2.43. The Kier molecular flexibility index (Phi) is 10.0. The summed E-state index contributed by atoms with van der Waals surface area (Å²) < 4.78 is 13.3. The van der Waals surface area contributed by atoms with Crippen LogP contribution in [0, 0.1) is 5.92 Å². The summed E-state index contributed by atoms with van der Waals surface area (Å²) in [5, 5.41) is 23.7. The van der Waals surface area contributed by atoms with E-state index in [4.69, 9.17) is 9.47 Å². The summed E-state index contributed by atoms with van der Waals surface area (Å²) in [5.41, 5.74) is 5.57. The first-order valence-corrected chi connectivity index (χ1v) is 15.9. The number of likely N-dealkylation sites (N-methyl/N-ethyl adjacent to an activating group) is 1. The second kappa shape index (κ2) is 14.5. The lowest BCUT2D eigenvalue weighted by molar-refractivity contribution is -0.276. The maximum absolute atomic E-state index is 13.2. The van der Waals surface area contributed by atoms with Crippen LogP contribution in [0.1, 0.15) is 65.1 Å². The quantitative estimate of drug-likeness (QED) is 0.166. The molecule has 2 heterocycles. The van der Waals surface area contributed by atoms with Gasteiger partial charge in [-0.05, 0) is 54.9 Å². The predicted octanol–water partition coefficient (Wildman–Crippen LogP) is 6.22. The highest BCUT2D eigenvalue weighted by atomic mass is 16.7. The van der Waals surface area contributed by atoms with Gasteiger partial charge in [0, 0.05) is 29.8 Å². The molecule has 0 saturated carbocycles. The van der Waals surface area contributed by atoms with Crippen LogP contribution in [0.15, 0.2) is 109 Å². The zero-order chi connectivity index (χ0) is 32.9. The Morgan fingerprint density at radius 2 is 1.64 bits per heavy atom. The topological polar surface area (TPSA) is 117 Å². The van der Waals surface area contributed by atoms with Crippen molar-refractivity contribution < 1.29 is 24.5 Å². The van der Waals surface area contributed by atoms with Gasteiger partial charge in [0.25, 0.3) is 5.91 Å². The fourth-order valence-corrected chi connectivity index (χ4v) is 5.97. The van der Waals surface area contributed by atoms with Crippen molar-refractivity contribution in [3.63, 3.8) is 0 Å². The predicted molar refractivity (Wildman–Crippen MR) is 180 cm³/mol. The number of amides is 1. The molecule has 242 valence electrons. The number of aliphatic hydroxyl groups excluding tert-OH is 2. The number of anilines is 1. The molecule has 0 bridgehead atoms. The standard InChI is InChI=1S/C38H40N4O5/c1-24-34(22-42(3)25(2)35(44)27-10-5-4-6-11-27)46-38(47-36(24)28-18-16-26(23-43)17-19-28)29-12-9-13-30(20-29)40-37(45)33-21-39-31-14-7-8-15-32(31)41-33/h4-21,24-25,34-36,38,43-44H,22-23H2,1-3H3,(H,40,45)/t24-,25-,34+,35-,36+,38+/m0/s1. The van der Waals surface area contributed by atoms with Gasteiger partial charge in [-0.3, -0.25) is 14.7 Å². The van der Waals surface area contributed by atoms with Gasteiger partial charge >= 0.3 is 0 Å². The molecule has 6 atom stereocenters. The summed E-state index contributed by atoms with van der Waals surface area (Å²) >= 11 is 0. The number of aliphatic hydroxyl groups is 2. The number of fused-ring (bicyclic) bond motifs is 1. The molecule has 3 N–H and O–H groups in total. The highest BCUT2D eigenvalue weighted by Gasteiger charge is 2.39. The summed E-state index contributed by atoms with van der Waals surface area (Å²) in [4.78, 5) is 24.1. The first-order valence-electron chi connectivity index (χ1n) is 15.9. The van der Waals surface area contributed by atoms with Gasteiger partial charge in [-0.15, -0.1) is 0 Å². The van der Waals surface area contributed by atoms with Gasteiger partial charge in [0.1, 0.15) is 5.69 Å². The molecular weight excluding hydrogens is 592 g/mol. The Morgan fingerprint density at radius 3 is 2.38 bits per heavy atom. The van der Waals surface area contributed by atoms with E-state index in [9.17, 15) is 15.0 Å². The van der Waals surface area contributed by atoms with Crippen LogP contribution in [0.25, 0.3) is 11.0 Å². The van der Waals surface area contributed by atoms with Crippen molar-refractivity contribution >= 4 is 22.6 Å². The van der Waals surface area contributed by atoms with Crippen molar-refractivity contribution in [1.29, 1.82) is 0 Å². The molecule has 9 nitrogen and oxygen atoms in total. The third-order valence-corrected chi connectivity index (χ3v) is 8.98. The minimum atomic E-state index is -0.723. The lowest BCUT2D eigenvalue weighted by atomic mass is 9.89. The minimum absolute atomic E-state index is 0.0363. The first-order chi connectivity index (χ1) is 22.8. The number of para-hydroxylation sites is 2. The molecule has 1 amide bonds. The Balaban J connectivity index is 1.23. The molecule has 0 spiro atoms. The lowest BCUT2D eigenvalue weighted by Crippen LogP contribution is -2.46. The van der Waals surface area contributed by atoms with Crippen LogP contribution in [0.3, 0.4) is 0 Å². The van der Waals surface area contributed by atoms with E-state index in [2.05, 4.69) is 27.1 Å². The van der Waals surface area contributed by atoms with Gasteiger partial charge in [-0.2, -0.15) is 0 Å². The molecule has 9 heteroatoms. The highest BCUT2D eigenvalue weighted by Crippen LogP contribution is 2.42. The third kappa shape index (κ3) is 7.40. The number of hydrogen-bond acceptors (Lipinski definition) is 8. The number of carbonyl (C=O) groups is 1. The number of carbonyl (C=O) groups excluding carboxylic acids is 1. The number of ether oxygens (including phenoxy) is 2. The van der Waals surface area contributed by atoms with E-state index in [1.165, 1.54) is 6.20 Å². The van der Waals surface area contributed by atoms with Crippen molar-refractivity contribution in [2.45, 2.75) is 51.1 Å². The number of aromatic nitrogens is 2. The van der Waals surface area contributed by atoms with Crippen LogP contribution >= 0.6 is 0 Å². The fourth-order valence-electron chi connectivity index (χ4n) is 5.97. The molecule has 1 aliphatic heterocycles. The van der Waals surface area contributed by atoms with Crippen molar-refractivity contribution in [1.82, 2.24) is 14.9 Å². The van der Waals surface area contributed by atoms with Crippen molar-refractivity contribution in [3.8, 4) is 0 Å². The molecule has 5 aromatic rings. The van der Waals surface area contributed by atoms with Gasteiger partial charge in [-0.25, -0.2) is 4.98 Å². The van der Waals surface area contributed by atoms with Crippen LogP contribution < -0.4 is 5.32 Å². The monoisotopic (exact) mass is 632 g/mol. The van der Waals surface area contributed by atoms with Crippen LogP contribution in [-0.4, -0.2) is 56.7 Å². The van der Waals surface area contributed by atoms with E-state index >= 15 is 0 Å². The maximum atomic E-state index is 13.2. The molecule has 1 fully saturated rings. The highest BCUT2D eigenvalue weighted by molar-refractivity contribution is 6.03. The Labute approximate surface area is 274 Å². The molecule has 1 aliphatic rings. The van der Waals surface area contributed by atoms with Gasteiger partial charge in [0.15, 0.2) is 6.29 Å². The van der Waals surface area contributed by atoms with Gasteiger partial charge in [0.05, 0.1) is 42.1 Å². The van der Waals surface area contributed by atoms with Gasteiger partial charge < -0.3 is 25.0 Å². The van der Waals surface area contributed by atoms with E-state index in [-0.39, 0.29) is 42.4 Å². The summed E-state index contributed by atoms with van der Waals surface area (Å²) in [5.74, 6) is -0.407. The third-order valence-electron chi connectivity index (χ3n) is 8.98. The Bertz CT molecular complexity index is 1800. The molecule has 4 aromatic carbocycles. The average Bonchev–Trinajstić information content (AvgIpc) is 3.12. The largest absolute Gasteiger partial charge is 0.392 e. The summed E-state index contributed by atoms with van der Waals surface area (Å²) in [6, 6.07) is 32.1. The van der Waals surface area contributed by atoms with Crippen LogP contribution in [0.2, 0.25) is 0 Å². The van der Waals surface area contributed by atoms with E-state index in [0.717, 1.165) is 27.8 Å². The van der Waals surface area contributed by atoms with Gasteiger partial charge in [0.2, 0.25) is 0 Å². The first kappa shape index (κ1) is 32.4. The van der Waals surface area contributed by atoms with E-state index in [1.54, 1.807) is 0 Å². The summed E-state index contributed by atoms with van der Waals surface area (Å²) in [6.45, 7) is 4.63. The molecule has 0 unspecified atom stereocenters. The van der Waals surface area contributed by atoms with Crippen molar-refractivity contribution in [2.75, 3.05) is 18.9 Å². The zero-order valence-electron chi connectivity index (χ0n) is 26.7. The SMILES string of the molecule is C[C@H]1[C@@H](CN(C)[C@@H](C)[C@H](O)c2ccccc2)O[C@@H](c2cccc(NC(=O)c3cnc4ccccc4n3)c2)O[C@H]1c1ccc(CO)cc1. The van der Waals surface area contributed by atoms with Crippen molar-refractivity contribution in [3.05, 3.63) is 137 Å². The molecule has 0 aliphatic carbocycles. The smallest absolute Gasteiger partial charge is 0.275 e. The molecule has 6 rings (SSSR count). The number of benzene rings is 4. The molecule has 47 heavy (non-hydrogen) atoms. The van der Waals surface area contributed by atoms with Crippen LogP contribution in [-0.2, 0) is 16.1 Å². The maximum Gasteiger partial charge on any atom is 0.275 e. The number of rotatable bonds is 10. The average molecular weight is 633 g/mol. The summed E-state index contributed by atoms with van der Waals surface area (Å²) in [7, 11) is 1.99. The zero-order valence-corrected chi connectivity index (χ0v) is 26.7. The van der Waals surface area contributed by atoms with Crippen molar-refractivity contribution in [2.24, 2.45) is 5.92 Å². The van der Waals surface area contributed by atoms with Crippen LogP contribution in [0.4, 0.5) is 5.69 Å². The second-order valence-electron chi connectivity index (χ2n) is 12.2. The molecule has 1 saturated heterocycles. The molecule has 1 aromatic heterocycles. The number of nitrogens with zero attached hydrogens (tertiary/aromatic N) is 3. The van der Waals surface area contributed by atoms with E-state index in [0.29, 0.717) is 17.7 Å².